The van der Waals surface area contributed by atoms with Gasteiger partial charge >= 0.3 is 5.97 Å². The molecule has 1 aromatic heterocycles. The van der Waals surface area contributed by atoms with Crippen molar-refractivity contribution in [2.45, 2.75) is 45.4 Å². The quantitative estimate of drug-likeness (QED) is 0.909. The van der Waals surface area contributed by atoms with Gasteiger partial charge in [0.25, 0.3) is 0 Å². The maximum absolute atomic E-state index is 11.2. The molecule has 1 aliphatic heterocycles. The molecule has 0 amide bonds. The van der Waals surface area contributed by atoms with Crippen LogP contribution in [0.3, 0.4) is 0 Å². The molecule has 0 aliphatic carbocycles. The Bertz CT molecular complexity index is 504. The summed E-state index contributed by atoms with van der Waals surface area (Å²) in [5.41, 5.74) is 0.508. The molecule has 1 fully saturated rings. The van der Waals surface area contributed by atoms with E-state index in [2.05, 4.69) is 37.7 Å². The number of aromatic carboxylic acids is 1. The molecule has 0 saturated carbocycles. The lowest BCUT2D eigenvalue weighted by Gasteiger charge is -2.47. The number of carboxylic acids is 1. The van der Waals surface area contributed by atoms with Gasteiger partial charge in [-0.05, 0) is 27.7 Å². The van der Waals surface area contributed by atoms with Crippen molar-refractivity contribution in [3.05, 3.63) is 17.5 Å². The molecule has 0 unspecified atom stereocenters. The minimum Gasteiger partial charge on any atom is -0.478 e. The number of aryl methyl sites for hydroxylation is 1. The zero-order valence-electron chi connectivity index (χ0n) is 12.8. The van der Waals surface area contributed by atoms with Crippen molar-refractivity contribution in [2.75, 3.05) is 13.1 Å². The third kappa shape index (κ3) is 3.19. The van der Waals surface area contributed by atoms with Gasteiger partial charge < -0.3 is 9.84 Å². The number of aromatic nitrogens is 2. The number of hydrogen-bond donors (Lipinski definition) is 1. The Hall–Kier alpha value is -1.40. The van der Waals surface area contributed by atoms with Crippen LogP contribution < -0.4 is 0 Å². The van der Waals surface area contributed by atoms with Crippen LogP contribution in [0.2, 0.25) is 0 Å². The van der Waals surface area contributed by atoms with Crippen LogP contribution in [0.25, 0.3) is 0 Å². The molecule has 1 aromatic rings. The maximum atomic E-state index is 11.2. The standard InChI is InChI=1S/C14H23N3O3/c1-13(2)8-17(9-14(3,4)20-13)7-11-10(12(18)19)6-15-16(11)5/h6H,7-9H2,1-5H3,(H,18,19). The fraction of sp³-hybridized carbons (Fsp3) is 0.714. The van der Waals surface area contributed by atoms with Crippen molar-refractivity contribution in [1.82, 2.24) is 14.7 Å². The number of morpholine rings is 1. The molecule has 0 atom stereocenters. The highest BCUT2D eigenvalue weighted by Gasteiger charge is 2.38. The highest BCUT2D eigenvalue weighted by atomic mass is 16.5. The van der Waals surface area contributed by atoms with Gasteiger partial charge in [-0.3, -0.25) is 9.58 Å². The number of carboxylic acid groups (broad SMARTS) is 1. The largest absolute Gasteiger partial charge is 0.478 e. The summed E-state index contributed by atoms with van der Waals surface area (Å²) in [5.74, 6) is -0.931. The first kappa shape index (κ1) is 15.0. The van der Waals surface area contributed by atoms with Crippen LogP contribution in [0, 0.1) is 0 Å². The Labute approximate surface area is 119 Å². The first-order valence-electron chi connectivity index (χ1n) is 6.76. The van der Waals surface area contributed by atoms with Crippen LogP contribution in [0.4, 0.5) is 0 Å². The van der Waals surface area contributed by atoms with Gasteiger partial charge in [0.05, 0.1) is 23.1 Å². The third-order valence-corrected chi connectivity index (χ3v) is 3.43. The lowest BCUT2D eigenvalue weighted by Crippen LogP contribution is -2.56. The molecule has 112 valence electrons. The second-order valence-corrected chi connectivity index (χ2v) is 6.70. The number of hydrogen-bond acceptors (Lipinski definition) is 4. The molecule has 0 bridgehead atoms. The summed E-state index contributed by atoms with van der Waals surface area (Å²) < 4.78 is 7.68. The average Bonchev–Trinajstić information content (AvgIpc) is 2.55. The highest BCUT2D eigenvalue weighted by molar-refractivity contribution is 5.88. The first-order valence-corrected chi connectivity index (χ1v) is 6.76. The highest BCUT2D eigenvalue weighted by Crippen LogP contribution is 2.29. The van der Waals surface area contributed by atoms with Crippen molar-refractivity contribution in [1.29, 1.82) is 0 Å². The van der Waals surface area contributed by atoms with Gasteiger partial charge in [-0.2, -0.15) is 5.10 Å². The van der Waals surface area contributed by atoms with Gasteiger partial charge in [0.1, 0.15) is 5.56 Å². The van der Waals surface area contributed by atoms with Crippen LogP contribution >= 0.6 is 0 Å². The molecule has 1 saturated heterocycles. The van der Waals surface area contributed by atoms with Gasteiger partial charge in [0.15, 0.2) is 0 Å². The average molecular weight is 281 g/mol. The molecule has 1 aliphatic rings. The van der Waals surface area contributed by atoms with Gasteiger partial charge in [-0.15, -0.1) is 0 Å². The summed E-state index contributed by atoms with van der Waals surface area (Å²) in [6, 6.07) is 0. The Balaban J connectivity index is 2.22. The lowest BCUT2D eigenvalue weighted by molar-refractivity contribution is -0.182. The second-order valence-electron chi connectivity index (χ2n) is 6.70. The van der Waals surface area contributed by atoms with Crippen LogP contribution in [0.15, 0.2) is 6.20 Å². The van der Waals surface area contributed by atoms with E-state index in [1.165, 1.54) is 6.20 Å². The van der Waals surface area contributed by atoms with Crippen LogP contribution in [-0.2, 0) is 18.3 Å². The summed E-state index contributed by atoms with van der Waals surface area (Å²) in [5, 5.41) is 13.3. The van der Waals surface area contributed by atoms with Crippen molar-refractivity contribution in [3.8, 4) is 0 Å². The second kappa shape index (κ2) is 4.86. The van der Waals surface area contributed by atoms with Crippen LogP contribution in [0.1, 0.15) is 43.7 Å². The van der Waals surface area contributed by atoms with Crippen LogP contribution in [-0.4, -0.2) is 50.0 Å². The smallest absolute Gasteiger partial charge is 0.339 e. The molecule has 2 heterocycles. The molecular formula is C14H23N3O3. The van der Waals surface area contributed by atoms with Gasteiger partial charge in [-0.25, -0.2) is 4.79 Å². The number of ether oxygens (including phenoxy) is 1. The predicted octanol–water partition coefficient (Wildman–Crippen LogP) is 1.51. The molecule has 0 radical (unpaired) electrons. The molecule has 2 rings (SSSR count). The van der Waals surface area contributed by atoms with E-state index in [0.29, 0.717) is 6.54 Å². The van der Waals surface area contributed by atoms with E-state index in [9.17, 15) is 9.90 Å². The Morgan fingerprint density at radius 1 is 1.35 bits per heavy atom. The van der Waals surface area contributed by atoms with E-state index < -0.39 is 5.97 Å². The van der Waals surface area contributed by atoms with Crippen molar-refractivity contribution >= 4 is 5.97 Å². The van der Waals surface area contributed by atoms with E-state index in [1.54, 1.807) is 11.7 Å². The Morgan fingerprint density at radius 2 is 1.90 bits per heavy atom. The Kier molecular flexibility index (Phi) is 3.64. The van der Waals surface area contributed by atoms with Crippen LogP contribution in [0.5, 0.6) is 0 Å². The number of nitrogens with zero attached hydrogens (tertiary/aromatic N) is 3. The lowest BCUT2D eigenvalue weighted by atomic mass is 9.98. The Morgan fingerprint density at radius 3 is 2.40 bits per heavy atom. The topological polar surface area (TPSA) is 67.6 Å². The zero-order chi connectivity index (χ0) is 15.1. The molecule has 20 heavy (non-hydrogen) atoms. The summed E-state index contributed by atoms with van der Waals surface area (Å²) in [6.45, 7) is 10.3. The van der Waals surface area contributed by atoms with Gasteiger partial charge in [0.2, 0.25) is 0 Å². The summed E-state index contributed by atoms with van der Waals surface area (Å²) in [6.07, 6.45) is 1.41. The monoisotopic (exact) mass is 281 g/mol. The minimum atomic E-state index is -0.931. The summed E-state index contributed by atoms with van der Waals surface area (Å²) >= 11 is 0. The van der Waals surface area contributed by atoms with Gasteiger partial charge in [-0.1, -0.05) is 0 Å². The molecule has 0 spiro atoms. The molecule has 6 heteroatoms. The molecular weight excluding hydrogens is 258 g/mol. The first-order chi connectivity index (χ1) is 9.10. The van der Waals surface area contributed by atoms with Gasteiger partial charge in [0, 0.05) is 26.7 Å². The van der Waals surface area contributed by atoms with Crippen molar-refractivity contribution in [2.24, 2.45) is 7.05 Å². The third-order valence-electron chi connectivity index (χ3n) is 3.43. The number of carbonyl (C=O) groups is 1. The van der Waals surface area contributed by atoms with Crippen molar-refractivity contribution < 1.29 is 14.6 Å². The van der Waals surface area contributed by atoms with Crippen molar-refractivity contribution in [3.63, 3.8) is 0 Å². The minimum absolute atomic E-state index is 0.246. The van der Waals surface area contributed by atoms with E-state index >= 15 is 0 Å². The van der Waals surface area contributed by atoms with E-state index in [-0.39, 0.29) is 16.8 Å². The van der Waals surface area contributed by atoms with E-state index in [1.807, 2.05) is 0 Å². The summed E-state index contributed by atoms with van der Waals surface area (Å²) in [7, 11) is 1.78. The normalized spacial score (nSPS) is 21.9. The SMILES string of the molecule is Cn1ncc(C(=O)O)c1CN1CC(C)(C)OC(C)(C)C1. The van der Waals surface area contributed by atoms with E-state index in [4.69, 9.17) is 4.74 Å². The molecule has 1 N–H and O–H groups in total. The molecule has 0 aromatic carbocycles. The zero-order valence-corrected chi connectivity index (χ0v) is 12.8. The number of rotatable bonds is 3. The fourth-order valence-electron chi connectivity index (χ4n) is 3.10. The summed E-state index contributed by atoms with van der Waals surface area (Å²) in [4.78, 5) is 13.5. The predicted molar refractivity (Wildman–Crippen MR) is 74.7 cm³/mol. The maximum Gasteiger partial charge on any atom is 0.339 e. The fourth-order valence-corrected chi connectivity index (χ4v) is 3.10. The van der Waals surface area contributed by atoms with E-state index in [0.717, 1.165) is 18.8 Å². The molecule has 6 nitrogen and oxygen atoms in total.